The van der Waals surface area contributed by atoms with Crippen molar-refractivity contribution in [2.45, 2.75) is 36.8 Å². The summed E-state index contributed by atoms with van der Waals surface area (Å²) in [6, 6.07) is 4.84. The summed E-state index contributed by atoms with van der Waals surface area (Å²) in [5.41, 5.74) is 11.0. The lowest BCUT2D eigenvalue weighted by atomic mass is 9.84. The minimum atomic E-state index is -4.95. The molecule has 0 bridgehead atoms. The van der Waals surface area contributed by atoms with Gasteiger partial charge < -0.3 is 36.6 Å². The van der Waals surface area contributed by atoms with Crippen molar-refractivity contribution in [3.63, 3.8) is 0 Å². The van der Waals surface area contributed by atoms with E-state index in [1.165, 1.54) is 34.8 Å². The third kappa shape index (κ3) is 6.94. The molecule has 2 saturated heterocycles. The third-order valence-electron chi connectivity index (χ3n) is 8.40. The maximum absolute atomic E-state index is 13.5. The molecule has 3 fully saturated rings. The van der Waals surface area contributed by atoms with E-state index in [9.17, 15) is 37.6 Å². The van der Waals surface area contributed by atoms with Crippen LogP contribution in [-0.2, 0) is 36.1 Å². The van der Waals surface area contributed by atoms with Crippen molar-refractivity contribution in [2.75, 3.05) is 25.4 Å². The van der Waals surface area contributed by atoms with Crippen LogP contribution in [0.15, 0.2) is 52.4 Å². The molecule has 1 aromatic carbocycles. The van der Waals surface area contributed by atoms with Crippen LogP contribution < -0.4 is 21.5 Å². The molecule has 22 heteroatoms. The summed E-state index contributed by atoms with van der Waals surface area (Å²) < 4.78 is 40.4. The molecule has 49 heavy (non-hydrogen) atoms. The number of amides is 1. The van der Waals surface area contributed by atoms with Crippen molar-refractivity contribution in [2.24, 2.45) is 27.7 Å². The van der Waals surface area contributed by atoms with Crippen molar-refractivity contribution < 1.29 is 47.1 Å². The highest BCUT2D eigenvalue weighted by molar-refractivity contribution is 7.84. The van der Waals surface area contributed by atoms with E-state index in [1.54, 1.807) is 12.1 Å². The standard InChI is InChI=1S/C27H30N10O10S2/c28-23(34-22-16-6-30-10-27(16,22)42)13-1-3-14(4-2-13)46-8-20(25(40)41)47-35-21(17-9-48-26(29)33-17)19(38)5-15-18(7-36-12-31-11-32-36)37(24(15)39)49(43,44)45/h1-4,9,11-12,15-16,18,20,22,30,42H,5-8,10H2,(H2,28,34)(H2,29,33)(H,40,41)(H,43,44,45)/b35-21-/t15-,16-,18+,20-,22?,27+/m0/s1. The zero-order valence-corrected chi connectivity index (χ0v) is 26.9. The lowest BCUT2D eigenvalue weighted by Crippen LogP contribution is -2.64. The van der Waals surface area contributed by atoms with Gasteiger partial charge in [-0.25, -0.2) is 19.1 Å². The van der Waals surface area contributed by atoms with E-state index in [0.29, 0.717) is 18.7 Å². The van der Waals surface area contributed by atoms with Gasteiger partial charge in [0.15, 0.2) is 16.6 Å². The van der Waals surface area contributed by atoms with Gasteiger partial charge in [0.25, 0.3) is 6.10 Å². The molecule has 1 amide bonds. The summed E-state index contributed by atoms with van der Waals surface area (Å²) in [4.78, 5) is 55.7. The van der Waals surface area contributed by atoms with Crippen LogP contribution >= 0.6 is 11.3 Å². The number of aliphatic carboxylic acids is 1. The maximum Gasteiger partial charge on any atom is 0.362 e. The van der Waals surface area contributed by atoms with E-state index in [4.69, 9.17) is 21.0 Å². The predicted molar refractivity (Wildman–Crippen MR) is 169 cm³/mol. The number of fused-ring (bicyclic) bond motifs is 1. The minimum Gasteiger partial charge on any atom is -0.489 e. The molecule has 6 atom stereocenters. The molecule has 8 N–H and O–H groups in total. The Kier molecular flexibility index (Phi) is 9.06. The number of aliphatic hydroxyl groups is 1. The van der Waals surface area contributed by atoms with Gasteiger partial charge in [0.2, 0.25) is 5.91 Å². The Hall–Kier alpha value is -5.03. The highest BCUT2D eigenvalue weighted by Gasteiger charge is 2.67. The number of hydrogen-bond acceptors (Lipinski definition) is 16. The number of oxime groups is 1. The summed E-state index contributed by atoms with van der Waals surface area (Å²) in [5.74, 6) is -4.08. The summed E-state index contributed by atoms with van der Waals surface area (Å²) in [5, 5.41) is 32.4. The average Bonchev–Trinajstić information content (AvgIpc) is 3.61. The first-order valence-corrected chi connectivity index (χ1v) is 16.9. The number of hydrogen-bond donors (Lipinski definition) is 6. The number of rotatable bonds is 15. The number of nitrogens with one attached hydrogen (secondary N) is 1. The maximum atomic E-state index is 13.5. The van der Waals surface area contributed by atoms with E-state index in [2.05, 4.69) is 30.5 Å². The number of aromatic nitrogens is 4. The van der Waals surface area contributed by atoms with Gasteiger partial charge in [-0.2, -0.15) is 13.5 Å². The molecular formula is C27H30N10O10S2. The Morgan fingerprint density at radius 1 is 1.27 bits per heavy atom. The molecule has 260 valence electrons. The molecule has 2 aromatic heterocycles. The second kappa shape index (κ2) is 13.1. The van der Waals surface area contributed by atoms with Gasteiger partial charge in [0.1, 0.15) is 42.1 Å². The molecule has 1 unspecified atom stereocenters. The molecule has 3 aromatic rings. The largest absolute Gasteiger partial charge is 0.489 e. The second-order valence-corrected chi connectivity index (χ2v) is 13.7. The number of piperidine rings is 1. The summed E-state index contributed by atoms with van der Waals surface area (Å²) >= 11 is 0.957. The number of benzene rings is 1. The zero-order chi connectivity index (χ0) is 35.1. The van der Waals surface area contributed by atoms with E-state index >= 15 is 0 Å². The lowest BCUT2D eigenvalue weighted by Gasteiger charge is -2.43. The van der Waals surface area contributed by atoms with E-state index < -0.39 is 70.4 Å². The average molecular weight is 719 g/mol. The van der Waals surface area contributed by atoms with Crippen LogP contribution in [0.5, 0.6) is 5.75 Å². The molecule has 0 radical (unpaired) electrons. The molecule has 1 saturated carbocycles. The molecule has 20 nitrogen and oxygen atoms in total. The number of carboxylic acid groups (broad SMARTS) is 1. The number of ketones is 1. The van der Waals surface area contributed by atoms with Gasteiger partial charge in [-0.3, -0.25) is 23.8 Å². The van der Waals surface area contributed by atoms with Crippen molar-refractivity contribution >= 4 is 56.0 Å². The number of aliphatic imine (C=N–C) groups is 1. The fraction of sp³-hybridized carbons (Fsp3) is 0.407. The van der Waals surface area contributed by atoms with E-state index in [0.717, 1.165) is 11.3 Å². The molecule has 0 spiro atoms. The van der Waals surface area contributed by atoms with Crippen molar-refractivity contribution in [1.82, 2.24) is 29.4 Å². The first kappa shape index (κ1) is 33.9. The fourth-order valence-electron chi connectivity index (χ4n) is 5.75. The number of nitrogen functional groups attached to an aromatic ring is 1. The number of carbonyl (C=O) groups excluding carboxylic acids is 2. The molecule has 1 aliphatic carbocycles. The number of carbonyl (C=O) groups is 3. The van der Waals surface area contributed by atoms with Gasteiger partial charge in [-0.15, -0.1) is 11.3 Å². The Morgan fingerprint density at radius 3 is 2.61 bits per heavy atom. The lowest BCUT2D eigenvalue weighted by molar-refractivity contribution is -0.152. The van der Waals surface area contributed by atoms with Crippen molar-refractivity contribution in [3.8, 4) is 5.75 Å². The third-order valence-corrected chi connectivity index (χ3v) is 10.0. The first-order valence-electron chi connectivity index (χ1n) is 14.6. The summed E-state index contributed by atoms with van der Waals surface area (Å²) in [6.45, 7) is 0.363. The molecule has 6 rings (SSSR count). The fourth-order valence-corrected chi connectivity index (χ4v) is 7.22. The number of amidine groups is 1. The summed E-state index contributed by atoms with van der Waals surface area (Å²) in [7, 11) is -4.95. The van der Waals surface area contributed by atoms with E-state index in [-0.39, 0.29) is 45.2 Å². The number of nitrogens with zero attached hydrogens (tertiary/aromatic N) is 7. The number of Topliss-reactive ketones (excluding diaryl/α,β-unsaturated/α-hetero) is 1. The van der Waals surface area contributed by atoms with Crippen LogP contribution in [0, 0.1) is 11.8 Å². The van der Waals surface area contributed by atoms with Crippen LogP contribution in [-0.4, -0.2) is 120 Å². The Morgan fingerprint density at radius 2 is 2.02 bits per heavy atom. The number of anilines is 1. The van der Waals surface area contributed by atoms with Crippen molar-refractivity contribution in [1.29, 1.82) is 0 Å². The zero-order valence-electron chi connectivity index (χ0n) is 25.3. The Labute approximate surface area is 281 Å². The van der Waals surface area contributed by atoms with Crippen LogP contribution in [0.1, 0.15) is 17.7 Å². The minimum absolute atomic E-state index is 0.0198. The monoisotopic (exact) mass is 718 g/mol. The highest BCUT2D eigenvalue weighted by atomic mass is 32.2. The Bertz CT molecular complexity index is 1920. The van der Waals surface area contributed by atoms with Crippen LogP contribution in [0.25, 0.3) is 0 Å². The normalized spacial score (nSPS) is 25.8. The van der Waals surface area contributed by atoms with E-state index in [1.807, 2.05) is 0 Å². The smallest absolute Gasteiger partial charge is 0.362 e. The quantitative estimate of drug-likeness (QED) is 0.0322. The molecule has 4 heterocycles. The number of nitrogens with two attached hydrogens (primary N) is 2. The van der Waals surface area contributed by atoms with Crippen LogP contribution in [0.4, 0.5) is 5.13 Å². The number of thiazole rings is 1. The summed E-state index contributed by atoms with van der Waals surface area (Å²) in [6.07, 6.45) is 0.126. The first-order chi connectivity index (χ1) is 23.3. The topological polar surface area (TPSA) is 300 Å². The van der Waals surface area contributed by atoms with Gasteiger partial charge in [-0.05, 0) is 24.3 Å². The number of carboxylic acids is 1. The molecular weight excluding hydrogens is 688 g/mol. The van der Waals surface area contributed by atoms with Crippen LogP contribution in [0.3, 0.4) is 0 Å². The molecule has 3 aliphatic rings. The predicted octanol–water partition coefficient (Wildman–Crippen LogP) is -2.10. The van der Waals surface area contributed by atoms with Gasteiger partial charge >= 0.3 is 16.3 Å². The van der Waals surface area contributed by atoms with Gasteiger partial charge in [0.05, 0.1) is 24.5 Å². The van der Waals surface area contributed by atoms with Crippen LogP contribution in [0.2, 0.25) is 0 Å². The Balaban J connectivity index is 1.13. The number of β-amino-alcohol motifs (C(OH)–C–C–N with tert-alkyl or cyclic N) is 1. The van der Waals surface area contributed by atoms with Crippen molar-refractivity contribution in [3.05, 3.63) is 53.6 Å². The molecule has 2 aliphatic heterocycles. The number of ether oxygens (including phenoxy) is 1. The highest BCUT2D eigenvalue weighted by Crippen LogP contribution is 2.49. The SMILES string of the molecule is NC(=NC1[C@@H]2CNC[C@]12O)c1ccc(OC[C@H](O/N=C(\C(=O)C[C@@H]2C(=O)N(S(=O)(=O)O)[C@@H]2Cn2cncn2)c2csc(N)n2)C(=O)O)cc1. The number of β-lactam (4-membered cyclic amide) rings is 1. The second-order valence-electron chi connectivity index (χ2n) is 11.5. The van der Waals surface area contributed by atoms with Gasteiger partial charge in [0, 0.05) is 36.4 Å². The van der Waals surface area contributed by atoms with Gasteiger partial charge in [-0.1, -0.05) is 5.16 Å².